The maximum Gasteiger partial charge on any atom is 0.344 e. The van der Waals surface area contributed by atoms with E-state index in [0.29, 0.717) is 22.6 Å². The SMILES string of the molecule is CCOC(=O)c1c(-c2ccc3c(c2)OCO3)[nH]c2cc(OC)c(F)cc2c1=O. The van der Waals surface area contributed by atoms with Crippen LogP contribution >= 0.6 is 0 Å². The molecule has 3 aromatic rings. The van der Waals surface area contributed by atoms with Crippen LogP contribution in [0.15, 0.2) is 35.1 Å². The van der Waals surface area contributed by atoms with Crippen LogP contribution in [0.4, 0.5) is 4.39 Å². The van der Waals surface area contributed by atoms with E-state index in [1.165, 1.54) is 13.2 Å². The topological polar surface area (TPSA) is 86.8 Å². The lowest BCUT2D eigenvalue weighted by Gasteiger charge is -2.12. The number of carbonyl (C=O) groups is 1. The van der Waals surface area contributed by atoms with E-state index in [1.807, 2.05) is 0 Å². The lowest BCUT2D eigenvalue weighted by atomic mass is 10.0. The summed E-state index contributed by atoms with van der Waals surface area (Å²) in [5.74, 6) is -0.470. The zero-order valence-electron chi connectivity index (χ0n) is 15.1. The van der Waals surface area contributed by atoms with Gasteiger partial charge in [-0.15, -0.1) is 0 Å². The van der Waals surface area contributed by atoms with E-state index in [2.05, 4.69) is 4.98 Å². The molecule has 1 aliphatic rings. The smallest absolute Gasteiger partial charge is 0.344 e. The van der Waals surface area contributed by atoms with Crippen molar-refractivity contribution in [2.45, 2.75) is 6.92 Å². The molecule has 2 heterocycles. The molecule has 0 bridgehead atoms. The van der Waals surface area contributed by atoms with Gasteiger partial charge in [0.1, 0.15) is 5.56 Å². The summed E-state index contributed by atoms with van der Waals surface area (Å²) >= 11 is 0. The third-order valence-corrected chi connectivity index (χ3v) is 4.41. The molecule has 0 saturated heterocycles. The van der Waals surface area contributed by atoms with Crippen LogP contribution in [-0.2, 0) is 4.74 Å². The first-order chi connectivity index (χ1) is 13.5. The monoisotopic (exact) mass is 385 g/mol. The fraction of sp³-hybridized carbons (Fsp3) is 0.200. The van der Waals surface area contributed by atoms with Crippen LogP contribution < -0.4 is 19.6 Å². The van der Waals surface area contributed by atoms with Crippen LogP contribution in [0.2, 0.25) is 0 Å². The van der Waals surface area contributed by atoms with Crippen LogP contribution in [0.3, 0.4) is 0 Å². The molecule has 1 aliphatic heterocycles. The van der Waals surface area contributed by atoms with Gasteiger partial charge < -0.3 is 23.9 Å². The molecule has 0 saturated carbocycles. The summed E-state index contributed by atoms with van der Waals surface area (Å²) < 4.78 is 34.9. The third-order valence-electron chi connectivity index (χ3n) is 4.41. The number of pyridine rings is 1. The van der Waals surface area contributed by atoms with Crippen LogP contribution in [0.1, 0.15) is 17.3 Å². The Balaban J connectivity index is 2.02. The van der Waals surface area contributed by atoms with Crippen LogP contribution in [0.25, 0.3) is 22.2 Å². The van der Waals surface area contributed by atoms with Crippen molar-refractivity contribution in [3.63, 3.8) is 0 Å². The maximum atomic E-state index is 14.1. The number of benzene rings is 2. The first-order valence-corrected chi connectivity index (χ1v) is 8.54. The highest BCUT2D eigenvalue weighted by molar-refractivity contribution is 6.00. The fourth-order valence-corrected chi connectivity index (χ4v) is 3.11. The molecular formula is C20H16FNO6. The standard InChI is InChI=1S/C20H16FNO6/c1-3-26-20(24)17-18(10-4-5-14-16(6-10)28-9-27-14)22-13-8-15(25-2)12(21)7-11(13)19(17)23/h4-8H,3,9H2,1-2H3,(H,22,23). The molecule has 1 N–H and O–H groups in total. The quantitative estimate of drug-likeness (QED) is 0.694. The summed E-state index contributed by atoms with van der Waals surface area (Å²) in [5, 5.41) is 0.0193. The van der Waals surface area contributed by atoms with Crippen molar-refractivity contribution in [3.8, 4) is 28.5 Å². The normalized spacial score (nSPS) is 12.2. The first kappa shape index (κ1) is 17.8. The van der Waals surface area contributed by atoms with Crippen molar-refractivity contribution in [2.75, 3.05) is 20.5 Å². The van der Waals surface area contributed by atoms with Gasteiger partial charge in [0.05, 0.1) is 24.9 Å². The summed E-state index contributed by atoms with van der Waals surface area (Å²) in [6, 6.07) is 7.44. The van der Waals surface area contributed by atoms with Crippen LogP contribution in [0, 0.1) is 5.82 Å². The number of rotatable bonds is 4. The van der Waals surface area contributed by atoms with Crippen molar-refractivity contribution < 1.29 is 28.1 Å². The number of ether oxygens (including phenoxy) is 4. The molecule has 0 fully saturated rings. The van der Waals surface area contributed by atoms with Crippen molar-refractivity contribution in [1.82, 2.24) is 4.98 Å². The van der Waals surface area contributed by atoms with E-state index in [0.717, 1.165) is 6.07 Å². The first-order valence-electron chi connectivity index (χ1n) is 8.54. The highest BCUT2D eigenvalue weighted by Gasteiger charge is 2.24. The van der Waals surface area contributed by atoms with Gasteiger partial charge in [0, 0.05) is 17.0 Å². The molecule has 0 amide bonds. The van der Waals surface area contributed by atoms with Crippen molar-refractivity contribution in [2.24, 2.45) is 0 Å². The van der Waals surface area contributed by atoms with E-state index >= 15 is 0 Å². The Hall–Kier alpha value is -3.55. The van der Waals surface area contributed by atoms with E-state index < -0.39 is 17.2 Å². The van der Waals surface area contributed by atoms with Gasteiger partial charge in [-0.05, 0) is 31.2 Å². The predicted molar refractivity (Wildman–Crippen MR) is 98.6 cm³/mol. The molecule has 1 aromatic heterocycles. The van der Waals surface area contributed by atoms with Crippen molar-refractivity contribution in [1.29, 1.82) is 0 Å². The molecule has 144 valence electrons. The molecular weight excluding hydrogens is 369 g/mol. The van der Waals surface area contributed by atoms with E-state index in [1.54, 1.807) is 25.1 Å². The van der Waals surface area contributed by atoms with Gasteiger partial charge in [-0.3, -0.25) is 4.79 Å². The largest absolute Gasteiger partial charge is 0.494 e. The minimum Gasteiger partial charge on any atom is -0.494 e. The number of hydrogen-bond donors (Lipinski definition) is 1. The molecule has 28 heavy (non-hydrogen) atoms. The maximum absolute atomic E-state index is 14.1. The minimum atomic E-state index is -0.797. The number of halogens is 1. The molecule has 8 heteroatoms. The predicted octanol–water partition coefficient (Wildman–Crippen LogP) is 3.25. The number of esters is 1. The van der Waals surface area contributed by atoms with Gasteiger partial charge >= 0.3 is 5.97 Å². The van der Waals surface area contributed by atoms with Gasteiger partial charge in [-0.1, -0.05) is 0 Å². The Bertz CT molecular complexity index is 1150. The molecule has 7 nitrogen and oxygen atoms in total. The molecule has 0 radical (unpaired) electrons. The average molecular weight is 385 g/mol. The molecule has 0 unspecified atom stereocenters. The average Bonchev–Trinajstić information content (AvgIpc) is 3.15. The Morgan fingerprint density at radius 1 is 1.21 bits per heavy atom. The lowest BCUT2D eigenvalue weighted by Crippen LogP contribution is -2.20. The fourth-order valence-electron chi connectivity index (χ4n) is 3.11. The van der Waals surface area contributed by atoms with E-state index in [9.17, 15) is 14.0 Å². The van der Waals surface area contributed by atoms with E-state index in [4.69, 9.17) is 18.9 Å². The number of methoxy groups -OCH3 is 1. The van der Waals surface area contributed by atoms with Crippen LogP contribution in [0.5, 0.6) is 17.2 Å². The zero-order valence-corrected chi connectivity index (χ0v) is 15.1. The van der Waals surface area contributed by atoms with Crippen LogP contribution in [-0.4, -0.2) is 31.5 Å². The van der Waals surface area contributed by atoms with Gasteiger partial charge in [-0.25, -0.2) is 9.18 Å². The second kappa shape index (κ2) is 6.88. The molecule has 0 spiro atoms. The lowest BCUT2D eigenvalue weighted by molar-refractivity contribution is 0.0525. The van der Waals surface area contributed by atoms with Gasteiger partial charge in [-0.2, -0.15) is 0 Å². The third kappa shape index (κ3) is 2.83. The van der Waals surface area contributed by atoms with Gasteiger partial charge in [0.15, 0.2) is 23.1 Å². The summed E-state index contributed by atoms with van der Waals surface area (Å²) in [5.41, 5.74) is 0.237. The summed E-state index contributed by atoms with van der Waals surface area (Å²) in [4.78, 5) is 28.6. The summed E-state index contributed by atoms with van der Waals surface area (Å²) in [6.07, 6.45) is 0. The Kier molecular flexibility index (Phi) is 4.38. The van der Waals surface area contributed by atoms with Gasteiger partial charge in [0.25, 0.3) is 0 Å². The minimum absolute atomic E-state index is 0.0193. The number of fused-ring (bicyclic) bond motifs is 2. The Morgan fingerprint density at radius 3 is 2.75 bits per heavy atom. The van der Waals surface area contributed by atoms with Crippen molar-refractivity contribution >= 4 is 16.9 Å². The second-order valence-corrected chi connectivity index (χ2v) is 6.02. The number of carbonyl (C=O) groups excluding carboxylic acids is 1. The second-order valence-electron chi connectivity index (χ2n) is 6.02. The molecule has 2 aromatic carbocycles. The Morgan fingerprint density at radius 2 is 2.00 bits per heavy atom. The molecule has 0 atom stereocenters. The highest BCUT2D eigenvalue weighted by Crippen LogP contribution is 2.36. The summed E-state index contributed by atoms with van der Waals surface area (Å²) in [6.45, 7) is 1.82. The highest BCUT2D eigenvalue weighted by atomic mass is 19.1. The number of hydrogen-bond acceptors (Lipinski definition) is 6. The molecule has 4 rings (SSSR count). The number of aromatic nitrogens is 1. The zero-order chi connectivity index (χ0) is 19.8. The number of nitrogens with one attached hydrogen (secondary N) is 1. The Labute approximate surface area is 158 Å². The number of H-pyrrole nitrogens is 1. The van der Waals surface area contributed by atoms with Gasteiger partial charge in [0.2, 0.25) is 12.2 Å². The van der Waals surface area contributed by atoms with E-state index in [-0.39, 0.29) is 35.8 Å². The summed E-state index contributed by atoms with van der Waals surface area (Å²) in [7, 11) is 1.33. The molecule has 0 aliphatic carbocycles. The van der Waals surface area contributed by atoms with Crippen molar-refractivity contribution in [3.05, 3.63) is 51.9 Å². The number of aromatic amines is 1.